The molecule has 1 heterocycles. The molecule has 0 unspecified atom stereocenters. The molecule has 0 radical (unpaired) electrons. The number of nitrogens with one attached hydrogen (secondary N) is 1. The molecular formula is C13H13F5N2O. The molecule has 0 aromatic carbocycles. The van der Waals surface area contributed by atoms with Crippen LogP contribution in [-0.4, -0.2) is 23.1 Å². The number of halogens is 5. The first-order chi connectivity index (χ1) is 9.79. The predicted octanol–water partition coefficient (Wildman–Crippen LogP) is 3.21. The van der Waals surface area contributed by atoms with Gasteiger partial charge in [0.15, 0.2) is 5.82 Å². The van der Waals surface area contributed by atoms with Crippen LogP contribution >= 0.6 is 0 Å². The number of pyridine rings is 1. The fraction of sp³-hybridized carbons (Fsp3) is 0.538. The van der Waals surface area contributed by atoms with Gasteiger partial charge in [-0.3, -0.25) is 4.79 Å². The summed E-state index contributed by atoms with van der Waals surface area (Å²) in [4.78, 5) is 14.9. The van der Waals surface area contributed by atoms with Gasteiger partial charge in [-0.2, -0.15) is 17.6 Å². The van der Waals surface area contributed by atoms with Gasteiger partial charge in [-0.1, -0.05) is 0 Å². The van der Waals surface area contributed by atoms with Gasteiger partial charge in [0.1, 0.15) is 0 Å². The SMILES string of the molecule is O=C(NC1CCC(C(F)(F)F)CC1)c1ccnc(F)c1F. The third-order valence-electron chi connectivity index (χ3n) is 3.62. The number of nitrogens with zero attached hydrogens (tertiary/aromatic N) is 1. The molecule has 1 aromatic heterocycles. The van der Waals surface area contributed by atoms with E-state index < -0.39 is 41.4 Å². The van der Waals surface area contributed by atoms with Gasteiger partial charge in [-0.05, 0) is 31.7 Å². The first kappa shape index (κ1) is 15.7. The smallest absolute Gasteiger partial charge is 0.349 e. The predicted molar refractivity (Wildman–Crippen MR) is 63.4 cm³/mol. The molecule has 1 aliphatic rings. The fourth-order valence-corrected chi connectivity index (χ4v) is 2.42. The second kappa shape index (κ2) is 5.95. The number of carbonyl (C=O) groups excluding carboxylic acids is 1. The summed E-state index contributed by atoms with van der Waals surface area (Å²) in [5, 5.41) is 2.43. The van der Waals surface area contributed by atoms with E-state index in [0.29, 0.717) is 0 Å². The van der Waals surface area contributed by atoms with E-state index in [4.69, 9.17) is 0 Å². The Hall–Kier alpha value is -1.73. The lowest BCUT2D eigenvalue weighted by atomic mass is 9.85. The Morgan fingerprint density at radius 1 is 1.19 bits per heavy atom. The minimum atomic E-state index is -4.23. The van der Waals surface area contributed by atoms with E-state index in [1.165, 1.54) is 0 Å². The largest absolute Gasteiger partial charge is 0.391 e. The minimum absolute atomic E-state index is 0.0817. The van der Waals surface area contributed by atoms with E-state index in [1.54, 1.807) is 0 Å². The van der Waals surface area contributed by atoms with E-state index in [-0.39, 0.29) is 25.7 Å². The van der Waals surface area contributed by atoms with Crippen LogP contribution in [0.2, 0.25) is 0 Å². The summed E-state index contributed by atoms with van der Waals surface area (Å²) < 4.78 is 63.8. The summed E-state index contributed by atoms with van der Waals surface area (Å²) in [6.07, 6.45) is -3.12. The molecule has 21 heavy (non-hydrogen) atoms. The van der Waals surface area contributed by atoms with Crippen LogP contribution in [0.15, 0.2) is 12.3 Å². The molecule has 1 fully saturated rings. The van der Waals surface area contributed by atoms with E-state index in [9.17, 15) is 26.7 Å². The molecule has 0 aliphatic heterocycles. The van der Waals surface area contributed by atoms with Crippen LogP contribution in [0.3, 0.4) is 0 Å². The summed E-state index contributed by atoms with van der Waals surface area (Å²) in [7, 11) is 0. The lowest BCUT2D eigenvalue weighted by Crippen LogP contribution is -2.40. The zero-order valence-corrected chi connectivity index (χ0v) is 10.9. The Kier molecular flexibility index (Phi) is 4.43. The van der Waals surface area contributed by atoms with Crippen molar-refractivity contribution in [2.45, 2.75) is 37.9 Å². The van der Waals surface area contributed by atoms with E-state index in [0.717, 1.165) is 12.3 Å². The summed E-state index contributed by atoms with van der Waals surface area (Å²) in [5.41, 5.74) is -0.500. The maximum atomic E-state index is 13.4. The molecule has 1 aromatic rings. The number of rotatable bonds is 2. The number of carbonyl (C=O) groups is 1. The monoisotopic (exact) mass is 308 g/mol. The quantitative estimate of drug-likeness (QED) is 0.673. The van der Waals surface area contributed by atoms with Gasteiger partial charge in [0.05, 0.1) is 11.5 Å². The van der Waals surface area contributed by atoms with Gasteiger partial charge >= 0.3 is 6.18 Å². The van der Waals surface area contributed by atoms with Crippen molar-refractivity contribution in [3.8, 4) is 0 Å². The van der Waals surface area contributed by atoms with Crippen molar-refractivity contribution in [1.82, 2.24) is 10.3 Å². The van der Waals surface area contributed by atoms with Gasteiger partial charge in [0, 0.05) is 12.2 Å². The fourth-order valence-electron chi connectivity index (χ4n) is 2.42. The van der Waals surface area contributed by atoms with Crippen LogP contribution in [0.4, 0.5) is 22.0 Å². The van der Waals surface area contributed by atoms with Crippen LogP contribution < -0.4 is 5.32 Å². The molecule has 0 saturated heterocycles. The third kappa shape index (κ3) is 3.68. The first-order valence-electron chi connectivity index (χ1n) is 6.46. The van der Waals surface area contributed by atoms with Crippen LogP contribution in [0.5, 0.6) is 0 Å². The normalized spacial score (nSPS) is 22.9. The van der Waals surface area contributed by atoms with E-state index in [1.807, 2.05) is 0 Å². The number of aromatic nitrogens is 1. The lowest BCUT2D eigenvalue weighted by Gasteiger charge is -2.30. The van der Waals surface area contributed by atoms with Gasteiger partial charge in [0.25, 0.3) is 5.91 Å². The molecule has 0 spiro atoms. The summed E-state index contributed by atoms with van der Waals surface area (Å²) in [5.74, 6) is -4.95. The molecular weight excluding hydrogens is 295 g/mol. The molecule has 1 N–H and O–H groups in total. The average molecular weight is 308 g/mol. The van der Waals surface area contributed by atoms with E-state index >= 15 is 0 Å². The van der Waals surface area contributed by atoms with Crippen molar-refractivity contribution in [2.24, 2.45) is 5.92 Å². The van der Waals surface area contributed by atoms with Crippen molar-refractivity contribution in [3.05, 3.63) is 29.6 Å². The summed E-state index contributed by atoms with van der Waals surface area (Å²) in [6, 6.07) is 0.557. The Morgan fingerprint density at radius 3 is 2.38 bits per heavy atom. The summed E-state index contributed by atoms with van der Waals surface area (Å²) in [6.45, 7) is 0. The second-order valence-corrected chi connectivity index (χ2v) is 5.03. The Labute approximate surface area is 117 Å². The van der Waals surface area contributed by atoms with Crippen molar-refractivity contribution >= 4 is 5.91 Å². The number of hydrogen-bond donors (Lipinski definition) is 1. The number of alkyl halides is 3. The van der Waals surface area contributed by atoms with Gasteiger partial charge in [-0.15, -0.1) is 0 Å². The number of amides is 1. The van der Waals surface area contributed by atoms with Crippen molar-refractivity contribution in [2.75, 3.05) is 0 Å². The van der Waals surface area contributed by atoms with Gasteiger partial charge in [-0.25, -0.2) is 9.37 Å². The lowest BCUT2D eigenvalue weighted by molar-refractivity contribution is -0.182. The zero-order valence-electron chi connectivity index (χ0n) is 10.9. The maximum absolute atomic E-state index is 13.4. The second-order valence-electron chi connectivity index (χ2n) is 5.03. The number of hydrogen-bond acceptors (Lipinski definition) is 2. The Balaban J connectivity index is 1.95. The van der Waals surface area contributed by atoms with Crippen molar-refractivity contribution in [1.29, 1.82) is 0 Å². The van der Waals surface area contributed by atoms with Crippen LogP contribution in [0.1, 0.15) is 36.0 Å². The first-order valence-corrected chi connectivity index (χ1v) is 6.46. The topological polar surface area (TPSA) is 42.0 Å². The van der Waals surface area contributed by atoms with E-state index in [2.05, 4.69) is 10.3 Å². The highest BCUT2D eigenvalue weighted by Crippen LogP contribution is 2.37. The standard InChI is InChI=1S/C13H13F5N2O/c14-10-9(5-6-19-11(10)15)12(21)20-8-3-1-7(2-4-8)13(16,17)18/h5-8H,1-4H2,(H,20,21). The molecule has 1 aliphatic carbocycles. The highest BCUT2D eigenvalue weighted by atomic mass is 19.4. The molecule has 0 atom stereocenters. The highest BCUT2D eigenvalue weighted by molar-refractivity contribution is 5.94. The average Bonchev–Trinajstić information content (AvgIpc) is 2.41. The third-order valence-corrected chi connectivity index (χ3v) is 3.62. The molecule has 8 heteroatoms. The Morgan fingerprint density at radius 2 is 1.81 bits per heavy atom. The Bertz CT molecular complexity index is 524. The molecule has 1 saturated carbocycles. The van der Waals surface area contributed by atoms with Crippen molar-refractivity contribution < 1.29 is 26.7 Å². The van der Waals surface area contributed by atoms with Crippen molar-refractivity contribution in [3.63, 3.8) is 0 Å². The minimum Gasteiger partial charge on any atom is -0.349 e. The molecule has 0 bridgehead atoms. The summed E-state index contributed by atoms with van der Waals surface area (Å²) >= 11 is 0. The molecule has 1 amide bonds. The van der Waals surface area contributed by atoms with Crippen LogP contribution in [-0.2, 0) is 0 Å². The van der Waals surface area contributed by atoms with Crippen LogP contribution in [0, 0.1) is 17.7 Å². The van der Waals surface area contributed by atoms with Gasteiger partial charge < -0.3 is 5.32 Å². The molecule has 3 nitrogen and oxygen atoms in total. The maximum Gasteiger partial charge on any atom is 0.391 e. The zero-order chi connectivity index (χ0) is 15.6. The molecule has 116 valence electrons. The van der Waals surface area contributed by atoms with Crippen LogP contribution in [0.25, 0.3) is 0 Å². The van der Waals surface area contributed by atoms with Gasteiger partial charge in [0.2, 0.25) is 5.95 Å². The molecule has 2 rings (SSSR count). The highest BCUT2D eigenvalue weighted by Gasteiger charge is 2.41.